The third-order valence-corrected chi connectivity index (χ3v) is 3.79. The summed E-state index contributed by atoms with van der Waals surface area (Å²) in [6.07, 6.45) is 4.25. The number of nitrogens with one attached hydrogen (secondary N) is 2. The molecule has 0 aliphatic carbocycles. The van der Waals surface area contributed by atoms with Gasteiger partial charge in [0, 0.05) is 24.0 Å². The summed E-state index contributed by atoms with van der Waals surface area (Å²) < 4.78 is 0. The second-order valence-corrected chi connectivity index (χ2v) is 4.91. The zero-order valence-electron chi connectivity index (χ0n) is 9.34. The van der Waals surface area contributed by atoms with E-state index < -0.39 is 0 Å². The summed E-state index contributed by atoms with van der Waals surface area (Å²) >= 11 is 1.69. The van der Waals surface area contributed by atoms with E-state index in [4.69, 9.17) is 0 Å². The molecule has 0 spiro atoms. The van der Waals surface area contributed by atoms with Gasteiger partial charge in [-0.15, -0.1) is 11.8 Å². The molecule has 2 N–H and O–H groups in total. The van der Waals surface area contributed by atoms with Gasteiger partial charge in [0.25, 0.3) is 0 Å². The number of aromatic amines is 1. The Bertz CT molecular complexity index is 518. The molecule has 2 aromatic heterocycles. The minimum atomic E-state index is 1.05. The lowest BCUT2D eigenvalue weighted by atomic mass is 10.1. The van der Waals surface area contributed by atoms with Gasteiger partial charge in [0.05, 0.1) is 5.03 Å². The van der Waals surface area contributed by atoms with E-state index in [1.54, 1.807) is 11.8 Å². The first-order valence-electron chi connectivity index (χ1n) is 5.63. The Morgan fingerprint density at radius 2 is 2.12 bits per heavy atom. The molecule has 0 unspecified atom stereocenters. The molecule has 0 amide bonds. The first kappa shape index (κ1) is 10.2. The Hall–Kier alpha value is -1.00. The van der Waals surface area contributed by atoms with Crippen molar-refractivity contribution < 1.29 is 0 Å². The molecule has 0 saturated carbocycles. The lowest BCUT2D eigenvalue weighted by Crippen LogP contribution is -2.16. The molecule has 2 aromatic rings. The number of hydrogen-bond acceptors (Lipinski definition) is 3. The Kier molecular flexibility index (Phi) is 2.61. The summed E-state index contributed by atoms with van der Waals surface area (Å²) in [5.74, 6) is 0. The third kappa shape index (κ3) is 1.62. The van der Waals surface area contributed by atoms with Crippen molar-refractivity contribution in [2.45, 2.75) is 17.9 Å². The summed E-state index contributed by atoms with van der Waals surface area (Å²) in [6.45, 7) is 2.14. The van der Waals surface area contributed by atoms with Gasteiger partial charge in [0.2, 0.25) is 0 Å². The maximum atomic E-state index is 4.62. The largest absolute Gasteiger partial charge is 0.343 e. The van der Waals surface area contributed by atoms with E-state index in [-0.39, 0.29) is 0 Å². The average molecular weight is 233 g/mol. The summed E-state index contributed by atoms with van der Waals surface area (Å²) in [5.41, 5.74) is 3.88. The molecule has 0 bridgehead atoms. The lowest BCUT2D eigenvalue weighted by Gasteiger charge is -1.99. The van der Waals surface area contributed by atoms with Gasteiger partial charge >= 0.3 is 0 Å². The van der Waals surface area contributed by atoms with Crippen molar-refractivity contribution in [1.29, 1.82) is 0 Å². The number of hydrogen-bond donors (Lipinski definition) is 2. The summed E-state index contributed by atoms with van der Waals surface area (Å²) in [7, 11) is 0. The van der Waals surface area contributed by atoms with E-state index in [2.05, 4.69) is 33.7 Å². The number of pyridine rings is 1. The van der Waals surface area contributed by atoms with Crippen molar-refractivity contribution in [2.24, 2.45) is 0 Å². The van der Waals surface area contributed by atoms with Gasteiger partial charge in [-0.3, -0.25) is 0 Å². The van der Waals surface area contributed by atoms with E-state index in [0.29, 0.717) is 0 Å². The molecule has 1 aliphatic heterocycles. The Labute approximate surface area is 99.0 Å². The van der Waals surface area contributed by atoms with E-state index in [1.807, 2.05) is 0 Å². The molecule has 1 aliphatic rings. The maximum absolute atomic E-state index is 4.62. The van der Waals surface area contributed by atoms with Crippen LogP contribution in [-0.4, -0.2) is 29.3 Å². The highest BCUT2D eigenvalue weighted by atomic mass is 32.2. The van der Waals surface area contributed by atoms with Gasteiger partial charge in [-0.2, -0.15) is 0 Å². The van der Waals surface area contributed by atoms with Crippen LogP contribution < -0.4 is 5.32 Å². The van der Waals surface area contributed by atoms with Crippen LogP contribution in [0.1, 0.15) is 11.3 Å². The standard InChI is InChI=1S/C12H15N3S/c1-16-11-3-2-9-8-4-6-13-7-5-10(8)14-12(9)15-11/h2-3,13H,4-7H2,1H3,(H,14,15). The summed E-state index contributed by atoms with van der Waals surface area (Å²) in [6, 6.07) is 4.31. The Morgan fingerprint density at radius 3 is 3.00 bits per heavy atom. The van der Waals surface area contributed by atoms with Crippen molar-refractivity contribution in [3.05, 3.63) is 23.4 Å². The van der Waals surface area contributed by atoms with Gasteiger partial charge < -0.3 is 10.3 Å². The molecule has 0 atom stereocenters. The van der Waals surface area contributed by atoms with Gasteiger partial charge in [-0.1, -0.05) is 0 Å². The lowest BCUT2D eigenvalue weighted by molar-refractivity contribution is 0.708. The fourth-order valence-electron chi connectivity index (χ4n) is 2.33. The van der Waals surface area contributed by atoms with Crippen molar-refractivity contribution in [3.8, 4) is 0 Å². The molecule has 16 heavy (non-hydrogen) atoms. The highest BCUT2D eigenvalue weighted by Crippen LogP contribution is 2.25. The maximum Gasteiger partial charge on any atom is 0.139 e. The fraction of sp³-hybridized carbons (Fsp3) is 0.417. The van der Waals surface area contributed by atoms with Gasteiger partial charge in [-0.25, -0.2) is 4.98 Å². The predicted octanol–water partition coefficient (Wildman–Crippen LogP) is 1.97. The smallest absolute Gasteiger partial charge is 0.139 e. The number of rotatable bonds is 1. The predicted molar refractivity (Wildman–Crippen MR) is 68.2 cm³/mol. The molecule has 3 rings (SSSR count). The Morgan fingerprint density at radius 1 is 1.25 bits per heavy atom. The van der Waals surface area contributed by atoms with Crippen LogP contribution in [0, 0.1) is 0 Å². The van der Waals surface area contributed by atoms with Crippen LogP contribution in [0.15, 0.2) is 17.2 Å². The number of fused-ring (bicyclic) bond motifs is 3. The number of thioether (sulfide) groups is 1. The van der Waals surface area contributed by atoms with Crippen LogP contribution in [-0.2, 0) is 12.8 Å². The second kappa shape index (κ2) is 4.11. The molecular weight excluding hydrogens is 218 g/mol. The van der Waals surface area contributed by atoms with Gasteiger partial charge in [-0.05, 0) is 36.9 Å². The highest BCUT2D eigenvalue weighted by Gasteiger charge is 2.14. The van der Waals surface area contributed by atoms with Crippen molar-refractivity contribution in [3.63, 3.8) is 0 Å². The zero-order chi connectivity index (χ0) is 11.0. The van der Waals surface area contributed by atoms with Crippen molar-refractivity contribution >= 4 is 22.8 Å². The minimum absolute atomic E-state index is 1.05. The van der Waals surface area contributed by atoms with Gasteiger partial charge in [0.1, 0.15) is 5.65 Å². The van der Waals surface area contributed by atoms with Crippen LogP contribution in [0.5, 0.6) is 0 Å². The molecular formula is C12H15N3S. The highest BCUT2D eigenvalue weighted by molar-refractivity contribution is 7.98. The molecule has 3 heterocycles. The van der Waals surface area contributed by atoms with Crippen LogP contribution >= 0.6 is 11.8 Å². The molecule has 0 radical (unpaired) electrons. The molecule has 0 saturated heterocycles. The van der Waals surface area contributed by atoms with Crippen LogP contribution in [0.3, 0.4) is 0 Å². The fourth-order valence-corrected chi connectivity index (χ4v) is 2.71. The van der Waals surface area contributed by atoms with E-state index >= 15 is 0 Å². The normalized spacial score (nSPS) is 16.1. The molecule has 84 valence electrons. The minimum Gasteiger partial charge on any atom is -0.343 e. The summed E-state index contributed by atoms with van der Waals surface area (Å²) in [4.78, 5) is 8.08. The van der Waals surface area contributed by atoms with Crippen molar-refractivity contribution in [1.82, 2.24) is 15.3 Å². The molecule has 3 nitrogen and oxygen atoms in total. The van der Waals surface area contributed by atoms with Crippen LogP contribution in [0.25, 0.3) is 11.0 Å². The van der Waals surface area contributed by atoms with Gasteiger partial charge in [0.15, 0.2) is 0 Å². The monoisotopic (exact) mass is 233 g/mol. The van der Waals surface area contributed by atoms with E-state index in [9.17, 15) is 0 Å². The number of aromatic nitrogens is 2. The first-order chi connectivity index (χ1) is 7.88. The summed E-state index contributed by atoms with van der Waals surface area (Å²) in [5, 5.41) is 5.81. The van der Waals surface area contributed by atoms with E-state index in [0.717, 1.165) is 36.6 Å². The topological polar surface area (TPSA) is 40.7 Å². The van der Waals surface area contributed by atoms with Crippen molar-refractivity contribution in [2.75, 3.05) is 19.3 Å². The first-order valence-corrected chi connectivity index (χ1v) is 6.86. The molecule has 0 fully saturated rings. The second-order valence-electron chi connectivity index (χ2n) is 4.08. The third-order valence-electron chi connectivity index (χ3n) is 3.14. The Balaban J connectivity index is 2.17. The number of nitrogens with zero attached hydrogens (tertiary/aromatic N) is 1. The average Bonchev–Trinajstić information content (AvgIpc) is 2.50. The SMILES string of the molecule is CSc1ccc2c3c([nH]c2n1)CCNCC3. The zero-order valence-corrected chi connectivity index (χ0v) is 10.2. The quantitative estimate of drug-likeness (QED) is 0.740. The number of H-pyrrole nitrogens is 1. The molecule has 4 heteroatoms. The van der Waals surface area contributed by atoms with Crippen LogP contribution in [0.4, 0.5) is 0 Å². The molecule has 0 aromatic carbocycles. The van der Waals surface area contributed by atoms with E-state index in [1.165, 1.54) is 16.6 Å². The van der Waals surface area contributed by atoms with Crippen LogP contribution in [0.2, 0.25) is 0 Å².